The van der Waals surface area contributed by atoms with Crippen LogP contribution >= 0.6 is 39.1 Å². The summed E-state index contributed by atoms with van der Waals surface area (Å²) in [6.07, 6.45) is -0.829. The highest BCUT2D eigenvalue weighted by atomic mass is 79.9. The number of methoxy groups -OCH3 is 1. The number of amides is 1. The maximum atomic E-state index is 15.5. The van der Waals surface area contributed by atoms with Crippen LogP contribution in [-0.4, -0.2) is 35.6 Å². The number of alkyl halides is 3. The van der Waals surface area contributed by atoms with E-state index in [1.54, 1.807) is 18.2 Å². The Morgan fingerprint density at radius 3 is 2.09 bits per heavy atom. The van der Waals surface area contributed by atoms with Crippen molar-refractivity contribution in [3.8, 4) is 17.2 Å². The topological polar surface area (TPSA) is 47.6 Å². The summed E-state index contributed by atoms with van der Waals surface area (Å²) in [5.74, 6) is 0.140. The minimum atomic E-state index is -1.93. The average molecular weight is 577 g/mol. The van der Waals surface area contributed by atoms with E-state index in [2.05, 4.69) is 21.2 Å². The first kappa shape index (κ1) is 22.8. The first-order valence-electron chi connectivity index (χ1n) is 10.8. The molecule has 10 heteroatoms. The number of fused-ring (bicyclic) bond motifs is 1. The van der Waals surface area contributed by atoms with Crippen LogP contribution in [0.15, 0.2) is 34.8 Å². The normalized spacial score (nSPS) is 38.6. The third-order valence-electron chi connectivity index (χ3n) is 8.23. The molecule has 0 radical (unpaired) electrons. The number of rotatable bonds is 5. The zero-order valence-corrected chi connectivity index (χ0v) is 21.0. The van der Waals surface area contributed by atoms with Crippen molar-refractivity contribution in [3.63, 3.8) is 0 Å². The summed E-state index contributed by atoms with van der Waals surface area (Å²) < 4.78 is 57.9. The van der Waals surface area contributed by atoms with Crippen LogP contribution in [0.4, 0.5) is 13.2 Å². The fraction of sp³-hybridized carbons (Fsp3) is 0.458. The van der Waals surface area contributed by atoms with Gasteiger partial charge in [-0.2, -0.15) is 0 Å². The third kappa shape index (κ3) is 2.65. The van der Waals surface area contributed by atoms with Crippen molar-refractivity contribution in [1.29, 1.82) is 0 Å². The first-order chi connectivity index (χ1) is 15.9. The minimum Gasteiger partial charge on any atom is -0.496 e. The summed E-state index contributed by atoms with van der Waals surface area (Å²) in [6, 6.07) is 7.80. The van der Waals surface area contributed by atoms with E-state index in [9.17, 15) is 4.79 Å². The lowest BCUT2D eigenvalue weighted by molar-refractivity contribution is -0.360. The summed E-state index contributed by atoms with van der Waals surface area (Å²) in [7, 11) is 1.41. The van der Waals surface area contributed by atoms with Gasteiger partial charge in [0.05, 0.1) is 28.1 Å². The predicted octanol–water partition coefficient (Wildman–Crippen LogP) is 7.14. The Bertz CT molecular complexity index is 1230. The molecule has 4 fully saturated rings. The summed E-state index contributed by atoms with van der Waals surface area (Å²) in [5, 5.41) is 3.36. The van der Waals surface area contributed by atoms with Crippen LogP contribution in [0.2, 0.25) is 10.0 Å². The molecule has 1 N–H and O–H groups in total. The molecule has 0 heterocycles. The Labute approximate surface area is 212 Å². The molecule has 4 aliphatic rings. The number of carbonyl (C=O) groups is 1. The molecule has 6 rings (SSSR count). The third-order valence-corrected chi connectivity index (χ3v) is 9.25. The van der Waals surface area contributed by atoms with Crippen molar-refractivity contribution in [2.75, 3.05) is 7.11 Å². The Morgan fingerprint density at radius 2 is 1.56 bits per heavy atom. The number of ether oxygens (including phenoxy) is 2. The molecule has 1 amide bonds. The molecular formula is C24H19BrCl2F3NO3. The molecular weight excluding hydrogens is 558 g/mol. The van der Waals surface area contributed by atoms with Gasteiger partial charge in [0.25, 0.3) is 5.91 Å². The molecule has 4 saturated carbocycles. The number of hydrogen-bond donors (Lipinski definition) is 1. The fourth-order valence-corrected chi connectivity index (χ4v) is 8.61. The zero-order chi connectivity index (χ0) is 24.3. The van der Waals surface area contributed by atoms with Crippen LogP contribution < -0.4 is 14.8 Å². The first-order valence-corrected chi connectivity index (χ1v) is 12.3. The van der Waals surface area contributed by atoms with E-state index in [1.165, 1.54) is 19.2 Å². The van der Waals surface area contributed by atoms with Crippen molar-refractivity contribution >= 4 is 45.0 Å². The molecule has 1 spiro atoms. The van der Waals surface area contributed by atoms with Gasteiger partial charge in [0.15, 0.2) is 5.75 Å². The smallest absolute Gasteiger partial charge is 0.255 e. The van der Waals surface area contributed by atoms with Crippen LogP contribution in [0.5, 0.6) is 17.2 Å². The van der Waals surface area contributed by atoms with Gasteiger partial charge in [-0.1, -0.05) is 39.1 Å². The van der Waals surface area contributed by atoms with Gasteiger partial charge in [-0.25, -0.2) is 13.2 Å². The molecule has 4 aliphatic carbocycles. The molecule has 2 atom stereocenters. The molecule has 2 aromatic carbocycles. The van der Waals surface area contributed by atoms with E-state index in [-0.39, 0.29) is 65.0 Å². The van der Waals surface area contributed by atoms with Crippen molar-refractivity contribution in [3.05, 3.63) is 50.4 Å². The minimum absolute atomic E-state index is 0.0438. The second kappa shape index (κ2) is 6.77. The summed E-state index contributed by atoms with van der Waals surface area (Å²) in [5.41, 5.74) is -8.33. The van der Waals surface area contributed by atoms with E-state index in [4.69, 9.17) is 32.7 Å². The molecule has 4 nitrogen and oxygen atoms in total. The molecule has 0 aliphatic heterocycles. The van der Waals surface area contributed by atoms with Crippen LogP contribution in [0.1, 0.15) is 42.5 Å². The lowest BCUT2D eigenvalue weighted by atomic mass is 9.34. The van der Waals surface area contributed by atoms with Gasteiger partial charge in [-0.15, -0.1) is 0 Å². The van der Waals surface area contributed by atoms with E-state index >= 15 is 13.2 Å². The standard InChI is InChI=1S/C24H19BrCl2F3NO3/c1-33-17-3-2-13(34-18-15(26)4-12(25)5-16(18)27)6-14(17)19(32)31-20-7-21(28)10-23(30)11-22(29,8-20)24(21,23)9-20/h2-6H,7-11H2,1H3,(H,31,32). The van der Waals surface area contributed by atoms with Gasteiger partial charge in [0.1, 0.15) is 28.5 Å². The Hall–Kier alpha value is -1.64. The van der Waals surface area contributed by atoms with Crippen molar-refractivity contribution in [1.82, 2.24) is 5.32 Å². The van der Waals surface area contributed by atoms with Crippen LogP contribution in [-0.2, 0) is 0 Å². The number of benzene rings is 2. The molecule has 0 saturated heterocycles. The second-order valence-electron chi connectivity index (χ2n) is 10.1. The van der Waals surface area contributed by atoms with Gasteiger partial charge in [0, 0.05) is 35.7 Å². The average Bonchev–Trinajstić information content (AvgIpc) is 3.11. The molecule has 2 aromatic rings. The van der Waals surface area contributed by atoms with E-state index in [0.717, 1.165) is 0 Å². The predicted molar refractivity (Wildman–Crippen MR) is 124 cm³/mol. The monoisotopic (exact) mass is 575 g/mol. The van der Waals surface area contributed by atoms with Crippen molar-refractivity contribution in [2.45, 2.75) is 54.6 Å². The van der Waals surface area contributed by atoms with Gasteiger partial charge in [-0.05, 0) is 36.8 Å². The number of nitrogens with one attached hydrogen (secondary N) is 1. The van der Waals surface area contributed by atoms with Crippen LogP contribution in [0.3, 0.4) is 0 Å². The van der Waals surface area contributed by atoms with Crippen molar-refractivity contribution < 1.29 is 27.4 Å². The molecule has 2 bridgehead atoms. The molecule has 180 valence electrons. The fourth-order valence-electron chi connectivity index (χ4n) is 7.33. The molecule has 2 unspecified atom stereocenters. The summed E-state index contributed by atoms with van der Waals surface area (Å²) in [6.45, 7) is 0. The maximum absolute atomic E-state index is 15.5. The Balaban J connectivity index is 1.29. The highest BCUT2D eigenvalue weighted by Crippen LogP contribution is 2.89. The van der Waals surface area contributed by atoms with E-state index in [0.29, 0.717) is 4.47 Å². The van der Waals surface area contributed by atoms with Gasteiger partial charge in [-0.3, -0.25) is 4.79 Å². The highest BCUT2D eigenvalue weighted by molar-refractivity contribution is 9.10. The van der Waals surface area contributed by atoms with Crippen LogP contribution in [0, 0.1) is 5.41 Å². The van der Waals surface area contributed by atoms with Crippen molar-refractivity contribution in [2.24, 2.45) is 5.41 Å². The lowest BCUT2D eigenvalue weighted by Crippen LogP contribution is -2.85. The van der Waals surface area contributed by atoms with E-state index < -0.39 is 33.9 Å². The van der Waals surface area contributed by atoms with Gasteiger partial charge < -0.3 is 14.8 Å². The molecule has 34 heavy (non-hydrogen) atoms. The second-order valence-corrected chi connectivity index (χ2v) is 11.8. The Morgan fingerprint density at radius 1 is 0.971 bits per heavy atom. The zero-order valence-electron chi connectivity index (χ0n) is 17.9. The number of carbonyl (C=O) groups excluding carboxylic acids is 1. The Kier molecular flexibility index (Phi) is 4.54. The molecule has 0 aromatic heterocycles. The largest absolute Gasteiger partial charge is 0.496 e. The highest BCUT2D eigenvalue weighted by Gasteiger charge is 2.99. The summed E-state index contributed by atoms with van der Waals surface area (Å²) >= 11 is 15.8. The summed E-state index contributed by atoms with van der Waals surface area (Å²) in [4.78, 5) is 13.3. The van der Waals surface area contributed by atoms with Gasteiger partial charge in [0.2, 0.25) is 0 Å². The lowest BCUT2D eigenvalue weighted by Gasteiger charge is -2.74. The number of halogens is 6. The quantitative estimate of drug-likeness (QED) is 0.411. The van der Waals surface area contributed by atoms with Gasteiger partial charge >= 0.3 is 0 Å². The van der Waals surface area contributed by atoms with Crippen LogP contribution in [0.25, 0.3) is 0 Å². The number of hydrogen-bond acceptors (Lipinski definition) is 3. The maximum Gasteiger partial charge on any atom is 0.255 e. The SMILES string of the molecule is COc1ccc(Oc2c(Cl)cc(Br)cc2Cl)cc1C(=O)NC12CC3(F)CC4(F)CC(F)(C1)C34C2. The van der Waals surface area contributed by atoms with E-state index in [1.807, 2.05) is 0 Å².